The number of amides is 3. The van der Waals surface area contributed by atoms with Crippen molar-refractivity contribution in [3.05, 3.63) is 126 Å². The Kier molecular flexibility index (Phi) is 10.1. The second-order valence-corrected chi connectivity index (χ2v) is 11.0. The molecule has 4 aromatic rings. The molecule has 0 radical (unpaired) electrons. The lowest BCUT2D eigenvalue weighted by atomic mass is 10.1. The molecule has 9 heteroatoms. The van der Waals surface area contributed by atoms with Gasteiger partial charge in [-0.3, -0.25) is 14.4 Å². The fraction of sp³-hybridized carbons (Fsp3) is 0.121. The standard InChI is InChI=1S/C33H31FN4O3S/c1-22(31(39)36-29-12-8-7-11-28(29)34)42-27-19-15-25(16-20-27)35-33(41)30(37-32(40)24-9-5-4-6-10-24)21-23-13-17-26(18-14-23)38(2)3/h4-22H,1-3H3,(H,35,41)(H,36,39)(H,37,40)/b30-21-. The second kappa shape index (κ2) is 14.1. The van der Waals surface area contributed by atoms with Gasteiger partial charge in [0.1, 0.15) is 11.5 Å². The van der Waals surface area contributed by atoms with E-state index in [1.807, 2.05) is 49.3 Å². The molecule has 214 valence electrons. The van der Waals surface area contributed by atoms with Gasteiger partial charge in [0.2, 0.25) is 5.91 Å². The van der Waals surface area contributed by atoms with Crippen molar-refractivity contribution in [2.75, 3.05) is 29.6 Å². The molecule has 0 spiro atoms. The molecule has 1 unspecified atom stereocenters. The van der Waals surface area contributed by atoms with Crippen molar-refractivity contribution in [1.29, 1.82) is 0 Å². The van der Waals surface area contributed by atoms with Crippen molar-refractivity contribution in [1.82, 2.24) is 5.32 Å². The van der Waals surface area contributed by atoms with Crippen LogP contribution in [0.2, 0.25) is 0 Å². The third-order valence-electron chi connectivity index (χ3n) is 6.18. The summed E-state index contributed by atoms with van der Waals surface area (Å²) >= 11 is 1.30. The van der Waals surface area contributed by atoms with Gasteiger partial charge >= 0.3 is 0 Å². The highest BCUT2D eigenvalue weighted by atomic mass is 32.2. The number of halogens is 1. The number of nitrogens with one attached hydrogen (secondary N) is 3. The highest BCUT2D eigenvalue weighted by Crippen LogP contribution is 2.26. The summed E-state index contributed by atoms with van der Waals surface area (Å²) in [5.74, 6) is -1.72. The van der Waals surface area contributed by atoms with Crippen molar-refractivity contribution >= 4 is 52.6 Å². The van der Waals surface area contributed by atoms with E-state index in [9.17, 15) is 18.8 Å². The normalized spacial score (nSPS) is 11.8. The topological polar surface area (TPSA) is 90.5 Å². The molecule has 3 amide bonds. The first kappa shape index (κ1) is 30.1. The van der Waals surface area contributed by atoms with Crippen LogP contribution in [0.15, 0.2) is 114 Å². The minimum absolute atomic E-state index is 0.0818. The van der Waals surface area contributed by atoms with Crippen LogP contribution < -0.4 is 20.9 Å². The van der Waals surface area contributed by atoms with E-state index < -0.39 is 22.9 Å². The van der Waals surface area contributed by atoms with Crippen molar-refractivity contribution in [3.8, 4) is 0 Å². The van der Waals surface area contributed by atoms with Gasteiger partial charge in [-0.25, -0.2) is 4.39 Å². The van der Waals surface area contributed by atoms with Crippen LogP contribution in [0.1, 0.15) is 22.8 Å². The summed E-state index contributed by atoms with van der Waals surface area (Å²) in [5.41, 5.74) is 2.89. The second-order valence-electron chi connectivity index (χ2n) is 9.57. The Hall–Kier alpha value is -4.89. The summed E-state index contributed by atoms with van der Waals surface area (Å²) in [4.78, 5) is 41.5. The average molecular weight is 583 g/mol. The van der Waals surface area contributed by atoms with E-state index in [0.717, 1.165) is 16.1 Å². The van der Waals surface area contributed by atoms with Crippen LogP contribution >= 0.6 is 11.8 Å². The lowest BCUT2D eigenvalue weighted by molar-refractivity contribution is -0.115. The Labute approximate surface area is 248 Å². The van der Waals surface area contributed by atoms with Crippen LogP contribution in [0.5, 0.6) is 0 Å². The molecule has 0 bridgehead atoms. The van der Waals surface area contributed by atoms with E-state index in [1.165, 1.54) is 23.9 Å². The fourth-order valence-corrected chi connectivity index (χ4v) is 4.72. The molecule has 0 heterocycles. The smallest absolute Gasteiger partial charge is 0.272 e. The molecule has 0 aromatic heterocycles. The Morgan fingerprint density at radius 1 is 0.810 bits per heavy atom. The Bertz CT molecular complexity index is 1570. The number of carbonyl (C=O) groups excluding carboxylic acids is 3. The van der Waals surface area contributed by atoms with Crippen LogP contribution in [-0.4, -0.2) is 37.1 Å². The maximum absolute atomic E-state index is 13.9. The van der Waals surface area contributed by atoms with E-state index >= 15 is 0 Å². The van der Waals surface area contributed by atoms with Crippen LogP contribution in [0, 0.1) is 5.82 Å². The summed E-state index contributed by atoms with van der Waals surface area (Å²) in [7, 11) is 3.88. The lowest BCUT2D eigenvalue weighted by Gasteiger charge is -2.14. The molecule has 4 rings (SSSR count). The maximum atomic E-state index is 13.9. The van der Waals surface area contributed by atoms with Gasteiger partial charge in [-0.2, -0.15) is 0 Å². The van der Waals surface area contributed by atoms with Gasteiger partial charge in [-0.15, -0.1) is 11.8 Å². The van der Waals surface area contributed by atoms with Gasteiger partial charge in [-0.1, -0.05) is 42.5 Å². The largest absolute Gasteiger partial charge is 0.378 e. The van der Waals surface area contributed by atoms with Crippen LogP contribution in [0.25, 0.3) is 6.08 Å². The Balaban J connectivity index is 1.45. The number of rotatable bonds is 10. The Morgan fingerprint density at radius 3 is 2.10 bits per heavy atom. The van der Waals surface area contributed by atoms with Crippen molar-refractivity contribution < 1.29 is 18.8 Å². The number of para-hydroxylation sites is 1. The summed E-state index contributed by atoms with van der Waals surface area (Å²) in [5, 5.41) is 7.68. The zero-order chi connectivity index (χ0) is 30.1. The highest BCUT2D eigenvalue weighted by Gasteiger charge is 2.17. The Morgan fingerprint density at radius 2 is 1.45 bits per heavy atom. The summed E-state index contributed by atoms with van der Waals surface area (Å²) < 4.78 is 13.9. The maximum Gasteiger partial charge on any atom is 0.272 e. The quantitative estimate of drug-likeness (QED) is 0.148. The molecule has 42 heavy (non-hydrogen) atoms. The average Bonchev–Trinajstić information content (AvgIpc) is 2.99. The van der Waals surface area contributed by atoms with E-state index in [4.69, 9.17) is 0 Å². The first-order chi connectivity index (χ1) is 20.2. The molecule has 3 N–H and O–H groups in total. The minimum atomic E-state index is -0.498. The molecule has 1 atom stereocenters. The third-order valence-corrected chi connectivity index (χ3v) is 7.29. The van der Waals surface area contributed by atoms with Crippen molar-refractivity contribution in [2.45, 2.75) is 17.1 Å². The van der Waals surface area contributed by atoms with E-state index in [1.54, 1.807) is 73.7 Å². The summed E-state index contributed by atoms with van der Waals surface area (Å²) in [6.45, 7) is 1.73. The van der Waals surface area contributed by atoms with Gasteiger partial charge in [0.15, 0.2) is 0 Å². The van der Waals surface area contributed by atoms with E-state index in [0.29, 0.717) is 11.3 Å². The molecule has 0 aliphatic rings. The summed E-state index contributed by atoms with van der Waals surface area (Å²) in [6.07, 6.45) is 1.62. The van der Waals surface area contributed by atoms with Crippen LogP contribution in [0.3, 0.4) is 0 Å². The van der Waals surface area contributed by atoms with Crippen molar-refractivity contribution in [2.24, 2.45) is 0 Å². The molecular formula is C33H31FN4O3S. The highest BCUT2D eigenvalue weighted by molar-refractivity contribution is 8.00. The number of nitrogens with zero attached hydrogens (tertiary/aromatic N) is 1. The van der Waals surface area contributed by atoms with Crippen molar-refractivity contribution in [3.63, 3.8) is 0 Å². The fourth-order valence-electron chi connectivity index (χ4n) is 3.85. The number of hydrogen-bond donors (Lipinski definition) is 3. The van der Waals surface area contributed by atoms with Crippen LogP contribution in [-0.2, 0) is 9.59 Å². The lowest BCUT2D eigenvalue weighted by Crippen LogP contribution is -2.30. The monoisotopic (exact) mass is 582 g/mol. The SMILES string of the molecule is CC(Sc1ccc(NC(=O)/C(=C/c2ccc(N(C)C)cc2)NC(=O)c2ccccc2)cc1)C(=O)Nc1ccccc1F. The van der Waals surface area contributed by atoms with Crippen LogP contribution in [0.4, 0.5) is 21.5 Å². The minimum Gasteiger partial charge on any atom is -0.378 e. The van der Waals surface area contributed by atoms with Gasteiger partial charge in [-0.05, 0) is 79.2 Å². The molecule has 0 saturated heterocycles. The number of anilines is 3. The molecule has 4 aromatic carbocycles. The molecular weight excluding hydrogens is 551 g/mol. The molecule has 0 fully saturated rings. The molecule has 0 saturated carbocycles. The number of carbonyl (C=O) groups is 3. The summed E-state index contributed by atoms with van der Waals surface area (Å²) in [6, 6.07) is 29.2. The van der Waals surface area contributed by atoms with Gasteiger partial charge in [0.05, 0.1) is 10.9 Å². The number of benzene rings is 4. The zero-order valence-corrected chi connectivity index (χ0v) is 24.2. The van der Waals surface area contributed by atoms with Gasteiger partial charge in [0.25, 0.3) is 11.8 Å². The molecule has 7 nitrogen and oxygen atoms in total. The first-order valence-electron chi connectivity index (χ1n) is 13.2. The predicted molar refractivity (Wildman–Crippen MR) is 168 cm³/mol. The zero-order valence-electron chi connectivity index (χ0n) is 23.4. The molecule has 0 aliphatic carbocycles. The molecule has 0 aliphatic heterocycles. The van der Waals surface area contributed by atoms with E-state index in [-0.39, 0.29) is 17.3 Å². The number of thioether (sulfide) groups is 1. The first-order valence-corrected chi connectivity index (χ1v) is 14.1. The van der Waals surface area contributed by atoms with E-state index in [2.05, 4.69) is 16.0 Å². The third kappa shape index (κ3) is 8.31. The van der Waals surface area contributed by atoms with Gasteiger partial charge in [0, 0.05) is 35.9 Å². The van der Waals surface area contributed by atoms with Gasteiger partial charge < -0.3 is 20.9 Å². The number of hydrogen-bond acceptors (Lipinski definition) is 5. The predicted octanol–water partition coefficient (Wildman–Crippen LogP) is 6.42.